The van der Waals surface area contributed by atoms with Crippen molar-refractivity contribution in [2.24, 2.45) is 5.73 Å². The number of nitrogens with two attached hydrogens (primary N) is 1. The molecule has 1 heterocycles. The Morgan fingerprint density at radius 3 is 2.71 bits per heavy atom. The first-order chi connectivity index (χ1) is 7.84. The summed E-state index contributed by atoms with van der Waals surface area (Å²) >= 11 is 0.915. The summed E-state index contributed by atoms with van der Waals surface area (Å²) in [6, 6.07) is -0.386. The molecule has 1 amide bonds. The van der Waals surface area contributed by atoms with E-state index in [1.54, 1.807) is 6.92 Å². The van der Waals surface area contributed by atoms with Crippen molar-refractivity contribution in [3.8, 4) is 0 Å². The number of halogens is 3. The zero-order chi connectivity index (χ0) is 13.1. The van der Waals surface area contributed by atoms with E-state index in [0.717, 1.165) is 16.7 Å². The summed E-state index contributed by atoms with van der Waals surface area (Å²) in [5.74, 6) is -0.559. The highest BCUT2D eigenvalue weighted by molar-refractivity contribution is 7.09. The van der Waals surface area contributed by atoms with Gasteiger partial charge in [-0.15, -0.1) is 11.3 Å². The number of alkyl halides is 3. The maximum Gasteiger partial charge on any atom is 0.434 e. The fraction of sp³-hybridized carbons (Fsp3) is 0.556. The van der Waals surface area contributed by atoms with Crippen molar-refractivity contribution in [3.05, 3.63) is 16.1 Å². The van der Waals surface area contributed by atoms with Crippen LogP contribution >= 0.6 is 11.3 Å². The monoisotopic (exact) mass is 267 g/mol. The molecule has 0 spiro atoms. The van der Waals surface area contributed by atoms with E-state index in [4.69, 9.17) is 5.73 Å². The number of thiazole rings is 1. The first-order valence-corrected chi connectivity index (χ1v) is 5.76. The Kier molecular flexibility index (Phi) is 4.47. The minimum Gasteiger partial charge on any atom is -0.369 e. The van der Waals surface area contributed by atoms with Gasteiger partial charge in [-0.2, -0.15) is 13.2 Å². The van der Waals surface area contributed by atoms with Crippen LogP contribution in [-0.4, -0.2) is 17.4 Å². The highest BCUT2D eigenvalue weighted by Gasteiger charge is 2.34. The second-order valence-electron chi connectivity index (χ2n) is 3.38. The third-order valence-corrected chi connectivity index (χ3v) is 3.00. The van der Waals surface area contributed by atoms with Crippen LogP contribution in [0.15, 0.2) is 5.38 Å². The van der Waals surface area contributed by atoms with Crippen molar-refractivity contribution < 1.29 is 18.0 Å². The summed E-state index contributed by atoms with van der Waals surface area (Å²) in [6.07, 6.45) is -3.91. The Hall–Kier alpha value is -1.15. The van der Waals surface area contributed by atoms with E-state index in [1.165, 1.54) is 0 Å². The number of hydrogen-bond donors (Lipinski definition) is 2. The summed E-state index contributed by atoms with van der Waals surface area (Å²) in [4.78, 5) is 14.1. The van der Waals surface area contributed by atoms with E-state index in [-0.39, 0.29) is 12.6 Å². The third kappa shape index (κ3) is 3.97. The molecule has 0 unspecified atom stereocenters. The van der Waals surface area contributed by atoms with E-state index in [2.05, 4.69) is 10.3 Å². The second kappa shape index (κ2) is 5.46. The average Bonchev–Trinajstić information content (AvgIpc) is 2.67. The number of carbonyl (C=O) groups excluding carboxylic acids is 1. The van der Waals surface area contributed by atoms with Crippen LogP contribution in [0.3, 0.4) is 0 Å². The van der Waals surface area contributed by atoms with Gasteiger partial charge in [-0.05, 0) is 6.42 Å². The molecule has 3 N–H and O–H groups in total. The Labute approximate surface area is 100 Å². The molecule has 0 aromatic carbocycles. The van der Waals surface area contributed by atoms with Crippen LogP contribution in [-0.2, 0) is 11.0 Å². The topological polar surface area (TPSA) is 68.0 Å². The maximum atomic E-state index is 12.3. The Morgan fingerprint density at radius 2 is 2.29 bits per heavy atom. The first kappa shape index (κ1) is 13.9. The maximum absolute atomic E-state index is 12.3. The molecule has 0 aliphatic heterocycles. The van der Waals surface area contributed by atoms with Crippen LogP contribution < -0.4 is 11.1 Å². The lowest BCUT2D eigenvalue weighted by Gasteiger charge is -2.12. The zero-order valence-corrected chi connectivity index (χ0v) is 9.86. The molecule has 0 saturated heterocycles. The number of rotatable bonds is 5. The van der Waals surface area contributed by atoms with Crippen molar-refractivity contribution in [1.82, 2.24) is 10.3 Å². The summed E-state index contributed by atoms with van der Waals surface area (Å²) in [7, 11) is 0. The molecule has 17 heavy (non-hydrogen) atoms. The summed E-state index contributed by atoms with van der Waals surface area (Å²) in [5.41, 5.74) is 4.04. The molecule has 1 aromatic heterocycles. The average molecular weight is 267 g/mol. The molecule has 0 bridgehead atoms. The number of amides is 1. The van der Waals surface area contributed by atoms with E-state index in [9.17, 15) is 18.0 Å². The van der Waals surface area contributed by atoms with Gasteiger partial charge in [-0.1, -0.05) is 6.92 Å². The Morgan fingerprint density at radius 1 is 1.65 bits per heavy atom. The lowest BCUT2D eigenvalue weighted by Crippen LogP contribution is -2.31. The van der Waals surface area contributed by atoms with E-state index < -0.39 is 17.8 Å². The van der Waals surface area contributed by atoms with Gasteiger partial charge < -0.3 is 5.73 Å². The number of nitrogens with zero attached hydrogens (tertiary/aromatic N) is 1. The van der Waals surface area contributed by atoms with E-state index in [0.29, 0.717) is 11.4 Å². The summed E-state index contributed by atoms with van der Waals surface area (Å²) < 4.78 is 37.0. The van der Waals surface area contributed by atoms with Gasteiger partial charge in [0.05, 0.1) is 12.6 Å². The molecule has 0 aliphatic rings. The highest BCUT2D eigenvalue weighted by Crippen LogP contribution is 2.32. The number of hydrogen-bond acceptors (Lipinski definition) is 4. The standard InChI is InChI=1S/C9H12F3N3OS/c1-2-5(14-3-7(13)16)8-15-6(4-17-8)9(10,11)12/h4-5,14H,2-3H2,1H3,(H2,13,16)/t5-/m0/s1. The molecule has 96 valence electrons. The van der Waals surface area contributed by atoms with Gasteiger partial charge in [0.25, 0.3) is 0 Å². The van der Waals surface area contributed by atoms with Crippen LogP contribution in [0, 0.1) is 0 Å². The number of aromatic nitrogens is 1. The lowest BCUT2D eigenvalue weighted by atomic mass is 10.2. The Bertz CT molecular complexity index is 391. The molecule has 8 heteroatoms. The van der Waals surface area contributed by atoms with E-state index in [1.807, 2.05) is 0 Å². The van der Waals surface area contributed by atoms with Gasteiger partial charge >= 0.3 is 6.18 Å². The molecule has 1 atom stereocenters. The zero-order valence-electron chi connectivity index (χ0n) is 9.04. The van der Waals surface area contributed by atoms with Crippen molar-refractivity contribution in [2.75, 3.05) is 6.54 Å². The smallest absolute Gasteiger partial charge is 0.369 e. The van der Waals surface area contributed by atoms with E-state index >= 15 is 0 Å². The van der Waals surface area contributed by atoms with Gasteiger partial charge in [0.15, 0.2) is 5.69 Å². The van der Waals surface area contributed by atoms with Crippen LogP contribution in [0.5, 0.6) is 0 Å². The number of carbonyl (C=O) groups is 1. The van der Waals surface area contributed by atoms with Crippen LogP contribution in [0.1, 0.15) is 30.1 Å². The molecule has 1 aromatic rings. The van der Waals surface area contributed by atoms with Crippen molar-refractivity contribution in [2.45, 2.75) is 25.6 Å². The second-order valence-corrected chi connectivity index (χ2v) is 4.27. The predicted octanol–water partition coefficient (Wildman–Crippen LogP) is 1.69. The Balaban J connectivity index is 2.76. The highest BCUT2D eigenvalue weighted by atomic mass is 32.1. The predicted molar refractivity (Wildman–Crippen MR) is 57.3 cm³/mol. The van der Waals surface area contributed by atoms with Gasteiger partial charge in [0.1, 0.15) is 5.01 Å². The van der Waals surface area contributed by atoms with Gasteiger partial charge in [0, 0.05) is 5.38 Å². The molecule has 4 nitrogen and oxygen atoms in total. The van der Waals surface area contributed by atoms with Crippen LogP contribution in [0.4, 0.5) is 13.2 Å². The molecule has 0 saturated carbocycles. The molecule has 0 aliphatic carbocycles. The molecule has 1 rings (SSSR count). The van der Waals surface area contributed by atoms with Crippen molar-refractivity contribution in [1.29, 1.82) is 0 Å². The largest absolute Gasteiger partial charge is 0.434 e. The number of primary amides is 1. The van der Waals surface area contributed by atoms with Crippen LogP contribution in [0.25, 0.3) is 0 Å². The fourth-order valence-electron chi connectivity index (χ4n) is 1.21. The van der Waals surface area contributed by atoms with Gasteiger partial charge in [0.2, 0.25) is 5.91 Å². The molecule has 0 fully saturated rings. The minimum atomic E-state index is -4.43. The first-order valence-electron chi connectivity index (χ1n) is 4.89. The molecule has 0 radical (unpaired) electrons. The summed E-state index contributed by atoms with van der Waals surface area (Å²) in [5, 5.41) is 4.02. The summed E-state index contributed by atoms with van der Waals surface area (Å²) in [6.45, 7) is 1.70. The van der Waals surface area contributed by atoms with Gasteiger partial charge in [-0.25, -0.2) is 4.98 Å². The molecular weight excluding hydrogens is 255 g/mol. The molecular formula is C9H12F3N3OS. The van der Waals surface area contributed by atoms with Crippen molar-refractivity contribution >= 4 is 17.2 Å². The lowest BCUT2D eigenvalue weighted by molar-refractivity contribution is -0.140. The quantitative estimate of drug-likeness (QED) is 0.853. The SMILES string of the molecule is CC[C@H](NCC(N)=O)c1nc(C(F)(F)F)cs1. The van der Waals surface area contributed by atoms with Crippen molar-refractivity contribution in [3.63, 3.8) is 0 Å². The van der Waals surface area contributed by atoms with Crippen LogP contribution in [0.2, 0.25) is 0 Å². The fourth-order valence-corrected chi connectivity index (χ4v) is 2.19. The third-order valence-electron chi connectivity index (χ3n) is 2.04. The minimum absolute atomic E-state index is 0.0839. The normalized spacial score (nSPS) is 13.6. The number of nitrogens with one attached hydrogen (secondary N) is 1. The van der Waals surface area contributed by atoms with Gasteiger partial charge in [-0.3, -0.25) is 10.1 Å².